The molecule has 0 bridgehead atoms. The maximum Gasteiger partial charge on any atom is 0.220 e. The van der Waals surface area contributed by atoms with Gasteiger partial charge in [-0.1, -0.05) is 31.4 Å². The standard InChI is InChI=1S/C23H37N5O2.HI/c1-2-24-23(26-13-12-25-22(30)18-19-8-4-3-5-9-19)28-16-14-27(15-17-28)20-10-6-7-11-21(20)29;/h6-7,10-11,19,29H,2-5,8-9,12-18H2,1H3,(H,24,26)(H,25,30);1H. The minimum atomic E-state index is 0. The number of para-hydroxylation sites is 2. The number of nitrogens with zero attached hydrogens (tertiary/aromatic N) is 3. The van der Waals surface area contributed by atoms with Gasteiger partial charge in [0.2, 0.25) is 5.91 Å². The number of amides is 1. The topological polar surface area (TPSA) is 80.2 Å². The van der Waals surface area contributed by atoms with Crippen molar-refractivity contribution in [2.24, 2.45) is 10.9 Å². The average molecular weight is 543 g/mol. The Hall–Kier alpha value is -1.71. The Morgan fingerprint density at radius 1 is 1.10 bits per heavy atom. The third kappa shape index (κ3) is 8.05. The molecular weight excluding hydrogens is 505 g/mol. The van der Waals surface area contributed by atoms with Crippen molar-refractivity contribution in [2.45, 2.75) is 45.4 Å². The third-order valence-corrected chi connectivity index (χ3v) is 6.03. The molecule has 1 heterocycles. The summed E-state index contributed by atoms with van der Waals surface area (Å²) in [7, 11) is 0. The highest BCUT2D eigenvalue weighted by Crippen LogP contribution is 2.27. The Morgan fingerprint density at radius 2 is 1.81 bits per heavy atom. The molecule has 8 heteroatoms. The molecule has 0 unspecified atom stereocenters. The zero-order valence-corrected chi connectivity index (χ0v) is 21.0. The number of phenolic OH excluding ortho intramolecular Hbond substituents is 1. The van der Waals surface area contributed by atoms with Crippen molar-refractivity contribution < 1.29 is 9.90 Å². The van der Waals surface area contributed by atoms with Crippen molar-refractivity contribution in [1.29, 1.82) is 0 Å². The number of guanidine groups is 1. The van der Waals surface area contributed by atoms with Crippen LogP contribution in [0.2, 0.25) is 0 Å². The van der Waals surface area contributed by atoms with E-state index in [2.05, 4.69) is 27.4 Å². The monoisotopic (exact) mass is 543 g/mol. The Kier molecular flexibility index (Phi) is 11.2. The molecule has 1 aromatic rings. The van der Waals surface area contributed by atoms with Crippen LogP contribution in [0.5, 0.6) is 5.75 Å². The molecule has 31 heavy (non-hydrogen) atoms. The highest BCUT2D eigenvalue weighted by molar-refractivity contribution is 14.0. The number of anilines is 1. The van der Waals surface area contributed by atoms with Crippen molar-refractivity contribution in [3.8, 4) is 5.75 Å². The highest BCUT2D eigenvalue weighted by Gasteiger charge is 2.21. The van der Waals surface area contributed by atoms with Crippen LogP contribution in [-0.4, -0.2) is 67.7 Å². The zero-order valence-electron chi connectivity index (χ0n) is 18.7. The quantitative estimate of drug-likeness (QED) is 0.213. The molecule has 1 aromatic carbocycles. The molecule has 1 aliphatic carbocycles. The van der Waals surface area contributed by atoms with Crippen molar-refractivity contribution in [1.82, 2.24) is 15.5 Å². The van der Waals surface area contributed by atoms with Crippen LogP contribution in [0, 0.1) is 5.92 Å². The van der Waals surface area contributed by atoms with E-state index in [9.17, 15) is 9.90 Å². The van der Waals surface area contributed by atoms with E-state index in [0.717, 1.165) is 44.4 Å². The Balaban J connectivity index is 0.00000341. The van der Waals surface area contributed by atoms with Crippen LogP contribution in [0.3, 0.4) is 0 Å². The Bertz CT molecular complexity index is 701. The van der Waals surface area contributed by atoms with E-state index in [4.69, 9.17) is 4.99 Å². The molecule has 2 aliphatic rings. The largest absolute Gasteiger partial charge is 0.506 e. The van der Waals surface area contributed by atoms with Gasteiger partial charge in [0, 0.05) is 45.7 Å². The molecule has 3 N–H and O–H groups in total. The van der Waals surface area contributed by atoms with Gasteiger partial charge < -0.3 is 25.5 Å². The van der Waals surface area contributed by atoms with E-state index in [1.54, 1.807) is 6.07 Å². The second kappa shape index (κ2) is 13.6. The summed E-state index contributed by atoms with van der Waals surface area (Å²) in [6.07, 6.45) is 6.92. The summed E-state index contributed by atoms with van der Waals surface area (Å²) in [5.74, 6) is 1.96. The predicted octanol–water partition coefficient (Wildman–Crippen LogP) is 3.18. The molecule has 0 spiro atoms. The van der Waals surface area contributed by atoms with Crippen molar-refractivity contribution in [3.05, 3.63) is 24.3 Å². The highest BCUT2D eigenvalue weighted by atomic mass is 127. The first kappa shape index (κ1) is 25.5. The van der Waals surface area contributed by atoms with Gasteiger partial charge in [0.25, 0.3) is 0 Å². The van der Waals surface area contributed by atoms with Crippen molar-refractivity contribution in [3.63, 3.8) is 0 Å². The minimum absolute atomic E-state index is 0. The van der Waals surface area contributed by atoms with Gasteiger partial charge in [-0.25, -0.2) is 0 Å². The predicted molar refractivity (Wildman–Crippen MR) is 137 cm³/mol. The fourth-order valence-electron chi connectivity index (χ4n) is 4.40. The first-order valence-electron chi connectivity index (χ1n) is 11.5. The number of hydrogen-bond acceptors (Lipinski definition) is 4. The van der Waals surface area contributed by atoms with Gasteiger partial charge in [-0.05, 0) is 37.8 Å². The van der Waals surface area contributed by atoms with Crippen molar-refractivity contribution >= 4 is 41.5 Å². The summed E-state index contributed by atoms with van der Waals surface area (Å²) in [4.78, 5) is 21.4. The van der Waals surface area contributed by atoms with Crippen LogP contribution in [-0.2, 0) is 4.79 Å². The SMILES string of the molecule is CCNC(=NCCNC(=O)CC1CCCCC1)N1CCN(c2ccccc2O)CC1.I. The number of nitrogens with one attached hydrogen (secondary N) is 2. The van der Waals surface area contributed by atoms with E-state index in [1.165, 1.54) is 32.1 Å². The smallest absolute Gasteiger partial charge is 0.220 e. The molecule has 174 valence electrons. The maximum absolute atomic E-state index is 12.2. The molecule has 1 aliphatic heterocycles. The number of benzene rings is 1. The van der Waals surface area contributed by atoms with Gasteiger partial charge in [-0.2, -0.15) is 0 Å². The Morgan fingerprint density at radius 3 is 2.48 bits per heavy atom. The lowest BCUT2D eigenvalue weighted by atomic mass is 9.87. The van der Waals surface area contributed by atoms with Crippen LogP contribution in [0.1, 0.15) is 45.4 Å². The fourth-order valence-corrected chi connectivity index (χ4v) is 4.40. The number of halogens is 1. The van der Waals surface area contributed by atoms with Crippen LogP contribution in [0.4, 0.5) is 5.69 Å². The molecule has 1 amide bonds. The van der Waals surface area contributed by atoms with Gasteiger partial charge >= 0.3 is 0 Å². The minimum Gasteiger partial charge on any atom is -0.506 e. The number of hydrogen-bond donors (Lipinski definition) is 3. The van der Waals surface area contributed by atoms with E-state index in [-0.39, 0.29) is 29.9 Å². The molecule has 3 rings (SSSR count). The molecule has 0 atom stereocenters. The summed E-state index contributed by atoms with van der Waals surface area (Å²) in [6, 6.07) is 7.49. The summed E-state index contributed by atoms with van der Waals surface area (Å²) in [5.41, 5.74) is 0.889. The van der Waals surface area contributed by atoms with Gasteiger partial charge in [-0.15, -0.1) is 24.0 Å². The molecule has 0 aromatic heterocycles. The second-order valence-corrected chi connectivity index (χ2v) is 8.26. The molecule has 7 nitrogen and oxygen atoms in total. The number of carbonyl (C=O) groups excluding carboxylic acids is 1. The molecule has 0 radical (unpaired) electrons. The van der Waals surface area contributed by atoms with Gasteiger partial charge in [-0.3, -0.25) is 9.79 Å². The van der Waals surface area contributed by atoms with Gasteiger partial charge in [0.15, 0.2) is 5.96 Å². The number of rotatable bonds is 7. The summed E-state index contributed by atoms with van der Waals surface area (Å²) < 4.78 is 0. The lowest BCUT2D eigenvalue weighted by molar-refractivity contribution is -0.122. The van der Waals surface area contributed by atoms with Gasteiger partial charge in [0.05, 0.1) is 12.2 Å². The van der Waals surface area contributed by atoms with E-state index in [0.29, 0.717) is 31.2 Å². The number of piperazine rings is 1. The fraction of sp³-hybridized carbons (Fsp3) is 0.652. The number of aliphatic imine (C=N–C) groups is 1. The lowest BCUT2D eigenvalue weighted by Crippen LogP contribution is -2.52. The van der Waals surface area contributed by atoms with Crippen LogP contribution < -0.4 is 15.5 Å². The first-order chi connectivity index (χ1) is 14.7. The zero-order chi connectivity index (χ0) is 21.2. The molecule has 1 saturated heterocycles. The summed E-state index contributed by atoms with van der Waals surface area (Å²) >= 11 is 0. The van der Waals surface area contributed by atoms with Crippen LogP contribution >= 0.6 is 24.0 Å². The molecular formula is C23H38IN5O2. The second-order valence-electron chi connectivity index (χ2n) is 8.26. The normalized spacial score (nSPS) is 17.8. The van der Waals surface area contributed by atoms with Crippen molar-refractivity contribution in [2.75, 3.05) is 50.7 Å². The maximum atomic E-state index is 12.2. The third-order valence-electron chi connectivity index (χ3n) is 6.03. The Labute approximate surface area is 203 Å². The van der Waals surface area contributed by atoms with E-state index >= 15 is 0 Å². The average Bonchev–Trinajstić information content (AvgIpc) is 2.77. The van der Waals surface area contributed by atoms with Gasteiger partial charge in [0.1, 0.15) is 5.75 Å². The number of aromatic hydroxyl groups is 1. The molecule has 2 fully saturated rings. The summed E-state index contributed by atoms with van der Waals surface area (Å²) in [5, 5.41) is 16.5. The molecule has 1 saturated carbocycles. The first-order valence-corrected chi connectivity index (χ1v) is 11.5. The number of carbonyl (C=O) groups is 1. The number of phenols is 1. The van der Waals surface area contributed by atoms with E-state index in [1.807, 2.05) is 18.2 Å². The van der Waals surface area contributed by atoms with E-state index < -0.39 is 0 Å². The lowest BCUT2D eigenvalue weighted by Gasteiger charge is -2.37. The van der Waals surface area contributed by atoms with Crippen LogP contribution in [0.25, 0.3) is 0 Å². The summed E-state index contributed by atoms with van der Waals surface area (Å²) in [6.45, 7) is 7.39. The van der Waals surface area contributed by atoms with Crippen LogP contribution in [0.15, 0.2) is 29.3 Å².